The van der Waals surface area contributed by atoms with E-state index < -0.39 is 0 Å². The van der Waals surface area contributed by atoms with Crippen LogP contribution in [0.5, 0.6) is 0 Å². The van der Waals surface area contributed by atoms with E-state index in [0.717, 1.165) is 16.7 Å². The molecule has 0 spiro atoms. The summed E-state index contributed by atoms with van der Waals surface area (Å²) in [5.74, 6) is -0.272. The predicted molar refractivity (Wildman–Crippen MR) is 72.5 cm³/mol. The largest absolute Gasteiger partial charge is 0.392 e. The monoisotopic (exact) mass is 242 g/mol. The predicted octanol–water partition coefficient (Wildman–Crippen LogP) is 3.67. The van der Waals surface area contributed by atoms with E-state index in [2.05, 4.69) is 0 Å². The Morgan fingerprint density at radius 2 is 1.89 bits per heavy atom. The van der Waals surface area contributed by atoms with Crippen molar-refractivity contribution in [2.45, 2.75) is 6.92 Å². The summed E-state index contributed by atoms with van der Waals surface area (Å²) in [5.41, 5.74) is 3.81. The van der Waals surface area contributed by atoms with Crippen LogP contribution >= 0.6 is 0 Å². The van der Waals surface area contributed by atoms with Gasteiger partial charge in [0.25, 0.3) is 0 Å². The van der Waals surface area contributed by atoms with E-state index in [1.807, 2.05) is 37.3 Å². The molecule has 0 saturated carbocycles. The highest BCUT2D eigenvalue weighted by atomic mass is 19.1. The number of hydrogen-bond donors (Lipinski definition) is 1. The van der Waals surface area contributed by atoms with Crippen molar-refractivity contribution in [2.75, 3.05) is 6.61 Å². The Morgan fingerprint density at radius 1 is 1.17 bits per heavy atom. The molecule has 0 bridgehead atoms. The first kappa shape index (κ1) is 12.5. The molecule has 0 radical (unpaired) electrons. The van der Waals surface area contributed by atoms with Crippen molar-refractivity contribution >= 4 is 11.6 Å². The Labute approximate surface area is 106 Å². The lowest BCUT2D eigenvalue weighted by molar-refractivity contribution is 0.350. The lowest BCUT2D eigenvalue weighted by Gasteiger charge is -2.05. The van der Waals surface area contributed by atoms with Gasteiger partial charge in [-0.05, 0) is 41.8 Å². The number of rotatable bonds is 3. The van der Waals surface area contributed by atoms with Gasteiger partial charge in [0.05, 0.1) is 6.61 Å². The maximum Gasteiger partial charge on any atom is 0.123 e. The topological polar surface area (TPSA) is 20.2 Å². The summed E-state index contributed by atoms with van der Waals surface area (Å²) < 4.78 is 12.9. The van der Waals surface area contributed by atoms with Crippen LogP contribution in [0.25, 0.3) is 11.6 Å². The summed E-state index contributed by atoms with van der Waals surface area (Å²) in [4.78, 5) is 0. The van der Waals surface area contributed by atoms with Crippen molar-refractivity contribution in [3.05, 3.63) is 71.0 Å². The van der Waals surface area contributed by atoms with E-state index in [4.69, 9.17) is 0 Å². The maximum absolute atomic E-state index is 12.9. The van der Waals surface area contributed by atoms with Crippen molar-refractivity contribution in [1.29, 1.82) is 0 Å². The second-order valence-electron chi connectivity index (χ2n) is 4.25. The minimum Gasteiger partial charge on any atom is -0.392 e. The quantitative estimate of drug-likeness (QED) is 0.814. The number of halogens is 1. The highest BCUT2D eigenvalue weighted by molar-refractivity contribution is 5.82. The smallest absolute Gasteiger partial charge is 0.123 e. The molecule has 0 amide bonds. The average Bonchev–Trinajstić information content (AvgIpc) is 2.37. The van der Waals surface area contributed by atoms with Crippen LogP contribution in [-0.4, -0.2) is 11.7 Å². The van der Waals surface area contributed by atoms with Gasteiger partial charge in [-0.25, -0.2) is 4.39 Å². The summed E-state index contributed by atoms with van der Waals surface area (Å²) in [7, 11) is 0. The highest BCUT2D eigenvalue weighted by Crippen LogP contribution is 2.18. The first-order valence-corrected chi connectivity index (χ1v) is 5.83. The van der Waals surface area contributed by atoms with Crippen LogP contribution in [0, 0.1) is 12.7 Å². The summed E-state index contributed by atoms with van der Waals surface area (Å²) in [6.45, 7) is 1.95. The number of aliphatic hydroxyl groups excluding tert-OH is 1. The molecule has 0 aliphatic carbocycles. The Morgan fingerprint density at radius 3 is 2.50 bits per heavy atom. The van der Waals surface area contributed by atoms with Gasteiger partial charge in [0.15, 0.2) is 0 Å². The van der Waals surface area contributed by atoms with E-state index in [-0.39, 0.29) is 12.4 Å². The molecule has 92 valence electrons. The lowest BCUT2D eigenvalue weighted by atomic mass is 10.0. The fraction of sp³-hybridized carbons (Fsp3) is 0.125. The molecule has 1 N–H and O–H groups in total. The van der Waals surface area contributed by atoms with Crippen molar-refractivity contribution in [2.24, 2.45) is 0 Å². The molecule has 18 heavy (non-hydrogen) atoms. The van der Waals surface area contributed by atoms with Gasteiger partial charge in [-0.1, -0.05) is 42.0 Å². The Hall–Kier alpha value is -1.93. The zero-order valence-corrected chi connectivity index (χ0v) is 10.2. The molecule has 2 aromatic rings. The fourth-order valence-corrected chi connectivity index (χ4v) is 1.85. The van der Waals surface area contributed by atoms with Crippen LogP contribution in [0.15, 0.2) is 48.5 Å². The first-order chi connectivity index (χ1) is 8.69. The van der Waals surface area contributed by atoms with Gasteiger partial charge >= 0.3 is 0 Å². The molecule has 2 heteroatoms. The molecule has 2 rings (SSSR count). The highest BCUT2D eigenvalue weighted by Gasteiger charge is 2.01. The molecule has 2 aromatic carbocycles. The van der Waals surface area contributed by atoms with E-state index in [1.54, 1.807) is 12.1 Å². The van der Waals surface area contributed by atoms with Gasteiger partial charge in [-0.2, -0.15) is 0 Å². The van der Waals surface area contributed by atoms with Crippen molar-refractivity contribution in [3.8, 4) is 0 Å². The molecule has 0 aliphatic rings. The van der Waals surface area contributed by atoms with Gasteiger partial charge in [-0.15, -0.1) is 0 Å². The molecular formula is C16H15FO. The number of aryl methyl sites for hydroxylation is 1. The second-order valence-corrected chi connectivity index (χ2v) is 4.25. The van der Waals surface area contributed by atoms with Crippen LogP contribution in [0.4, 0.5) is 4.39 Å². The van der Waals surface area contributed by atoms with Crippen LogP contribution in [0.2, 0.25) is 0 Å². The summed E-state index contributed by atoms with van der Waals surface area (Å²) in [6.07, 6.45) is 1.92. The fourth-order valence-electron chi connectivity index (χ4n) is 1.85. The van der Waals surface area contributed by atoms with Gasteiger partial charge in [0.2, 0.25) is 0 Å². The molecule has 0 saturated heterocycles. The van der Waals surface area contributed by atoms with Gasteiger partial charge in [0, 0.05) is 0 Å². The molecule has 0 unspecified atom stereocenters. The van der Waals surface area contributed by atoms with Gasteiger partial charge in [0.1, 0.15) is 5.82 Å². The third-order valence-corrected chi connectivity index (χ3v) is 2.77. The zero-order chi connectivity index (χ0) is 13.0. The van der Waals surface area contributed by atoms with Crippen LogP contribution in [0.1, 0.15) is 16.7 Å². The minimum atomic E-state index is -0.272. The van der Waals surface area contributed by atoms with E-state index in [0.29, 0.717) is 0 Å². The summed E-state index contributed by atoms with van der Waals surface area (Å²) in [6, 6.07) is 14.2. The Kier molecular flexibility index (Phi) is 3.90. The summed E-state index contributed by atoms with van der Waals surface area (Å²) >= 11 is 0. The third-order valence-electron chi connectivity index (χ3n) is 2.77. The standard InChI is InChI=1S/C16H15FO/c1-12-3-2-4-13(9-12)10-15(11-18)14-5-7-16(17)8-6-14/h2-10,18H,11H2,1H3/b15-10+. The Balaban J connectivity index is 2.36. The SMILES string of the molecule is Cc1cccc(/C=C(\CO)c2ccc(F)cc2)c1. The minimum absolute atomic E-state index is 0.0699. The molecule has 0 fully saturated rings. The number of aliphatic hydroxyl groups is 1. The van der Waals surface area contributed by atoms with Crippen LogP contribution in [0.3, 0.4) is 0 Å². The molecule has 0 aliphatic heterocycles. The Bertz CT molecular complexity index is 556. The molecule has 0 aromatic heterocycles. The lowest BCUT2D eigenvalue weighted by Crippen LogP contribution is -1.91. The number of hydrogen-bond acceptors (Lipinski definition) is 1. The molecule has 0 atom stereocenters. The summed E-state index contributed by atoms with van der Waals surface area (Å²) in [5, 5.41) is 9.42. The van der Waals surface area contributed by atoms with Gasteiger partial charge < -0.3 is 5.11 Å². The molecule has 1 nitrogen and oxygen atoms in total. The average molecular weight is 242 g/mol. The van der Waals surface area contributed by atoms with Crippen LogP contribution < -0.4 is 0 Å². The van der Waals surface area contributed by atoms with E-state index in [9.17, 15) is 9.50 Å². The second kappa shape index (κ2) is 5.61. The maximum atomic E-state index is 12.9. The molecule has 0 heterocycles. The first-order valence-electron chi connectivity index (χ1n) is 5.83. The van der Waals surface area contributed by atoms with E-state index in [1.165, 1.54) is 17.7 Å². The third kappa shape index (κ3) is 3.05. The van der Waals surface area contributed by atoms with E-state index >= 15 is 0 Å². The van der Waals surface area contributed by atoms with Gasteiger partial charge in [-0.3, -0.25) is 0 Å². The van der Waals surface area contributed by atoms with Crippen LogP contribution in [-0.2, 0) is 0 Å². The molecular weight excluding hydrogens is 227 g/mol. The normalized spacial score (nSPS) is 11.6. The number of benzene rings is 2. The van der Waals surface area contributed by atoms with Crippen molar-refractivity contribution in [3.63, 3.8) is 0 Å². The zero-order valence-electron chi connectivity index (χ0n) is 10.2. The van der Waals surface area contributed by atoms with Crippen molar-refractivity contribution < 1.29 is 9.50 Å². The van der Waals surface area contributed by atoms with Crippen molar-refractivity contribution in [1.82, 2.24) is 0 Å².